The maximum Gasteiger partial charge on any atom is 0.175 e. The van der Waals surface area contributed by atoms with Crippen molar-refractivity contribution in [3.05, 3.63) is 79.4 Å². The molecule has 0 amide bonds. The zero-order chi connectivity index (χ0) is 19.1. The molecule has 0 saturated carbocycles. The van der Waals surface area contributed by atoms with Gasteiger partial charge in [0.25, 0.3) is 0 Å². The molecule has 0 aliphatic carbocycles. The molecule has 0 radical (unpaired) electrons. The summed E-state index contributed by atoms with van der Waals surface area (Å²) in [6.45, 7) is 4.61. The summed E-state index contributed by atoms with van der Waals surface area (Å²) in [4.78, 5) is 1.32. The number of thiophene rings is 1. The second-order valence-corrected chi connectivity index (χ2v) is 8.26. The number of benzene rings is 2. The number of halogens is 3. The summed E-state index contributed by atoms with van der Waals surface area (Å²) in [7, 11) is 0. The fourth-order valence-corrected chi connectivity index (χ4v) is 4.01. The van der Waals surface area contributed by atoms with Gasteiger partial charge in [-0.15, -0.1) is 23.7 Å². The summed E-state index contributed by atoms with van der Waals surface area (Å²) in [5.74, 6) is 1.46. The van der Waals surface area contributed by atoms with E-state index in [-0.39, 0.29) is 12.4 Å². The van der Waals surface area contributed by atoms with E-state index < -0.39 is 0 Å². The highest BCUT2D eigenvalue weighted by molar-refractivity contribution is 9.10. The summed E-state index contributed by atoms with van der Waals surface area (Å²) >= 11 is 11.3. The van der Waals surface area contributed by atoms with Crippen LogP contribution in [0, 0.1) is 0 Å². The van der Waals surface area contributed by atoms with E-state index in [0.717, 1.165) is 34.4 Å². The van der Waals surface area contributed by atoms with Gasteiger partial charge in [-0.3, -0.25) is 0 Å². The smallest absolute Gasteiger partial charge is 0.175 e. The van der Waals surface area contributed by atoms with Gasteiger partial charge in [0.2, 0.25) is 0 Å². The van der Waals surface area contributed by atoms with Crippen molar-refractivity contribution in [2.45, 2.75) is 26.6 Å². The van der Waals surface area contributed by atoms with Crippen LogP contribution in [0.5, 0.6) is 11.5 Å². The Labute approximate surface area is 189 Å². The fourth-order valence-electron chi connectivity index (χ4n) is 2.61. The van der Waals surface area contributed by atoms with Crippen molar-refractivity contribution in [1.82, 2.24) is 5.32 Å². The normalized spacial score (nSPS) is 10.4. The molecule has 28 heavy (non-hydrogen) atoms. The lowest BCUT2D eigenvalue weighted by Crippen LogP contribution is -2.12. The van der Waals surface area contributed by atoms with E-state index in [1.807, 2.05) is 37.3 Å². The van der Waals surface area contributed by atoms with E-state index in [0.29, 0.717) is 24.0 Å². The van der Waals surface area contributed by atoms with Crippen molar-refractivity contribution in [3.8, 4) is 11.5 Å². The molecule has 0 saturated heterocycles. The van der Waals surface area contributed by atoms with Gasteiger partial charge in [0, 0.05) is 23.0 Å². The van der Waals surface area contributed by atoms with Gasteiger partial charge in [0.1, 0.15) is 6.61 Å². The molecule has 0 fully saturated rings. The Hall–Kier alpha value is -1.24. The average molecular weight is 503 g/mol. The van der Waals surface area contributed by atoms with Gasteiger partial charge in [-0.25, -0.2) is 0 Å². The first kappa shape index (κ1) is 23.0. The molecular weight excluding hydrogens is 481 g/mol. The quantitative estimate of drug-likeness (QED) is 0.347. The van der Waals surface area contributed by atoms with Gasteiger partial charge in [-0.05, 0) is 69.7 Å². The lowest BCUT2D eigenvalue weighted by Gasteiger charge is -2.16. The molecule has 1 N–H and O–H groups in total. The average Bonchev–Trinajstić information content (AvgIpc) is 3.16. The van der Waals surface area contributed by atoms with Crippen LogP contribution in [0.1, 0.15) is 22.9 Å². The van der Waals surface area contributed by atoms with Crippen molar-refractivity contribution in [2.24, 2.45) is 0 Å². The molecule has 0 aliphatic heterocycles. The molecule has 0 atom stereocenters. The lowest BCUT2D eigenvalue weighted by atomic mass is 10.2. The van der Waals surface area contributed by atoms with Crippen LogP contribution in [-0.4, -0.2) is 6.61 Å². The molecule has 3 aromatic rings. The fraction of sp³-hybridized carbons (Fsp3) is 0.238. The number of nitrogens with one attached hydrogen (secondary N) is 1. The van der Waals surface area contributed by atoms with Crippen molar-refractivity contribution in [3.63, 3.8) is 0 Å². The minimum Gasteiger partial charge on any atom is -0.490 e. The summed E-state index contributed by atoms with van der Waals surface area (Å²) in [5.41, 5.74) is 2.19. The summed E-state index contributed by atoms with van der Waals surface area (Å²) in [6.07, 6.45) is 0. The van der Waals surface area contributed by atoms with E-state index in [1.165, 1.54) is 4.88 Å². The minimum atomic E-state index is 0. The highest BCUT2D eigenvalue weighted by Crippen LogP contribution is 2.37. The first-order valence-electron chi connectivity index (χ1n) is 8.71. The summed E-state index contributed by atoms with van der Waals surface area (Å²) in [5, 5.41) is 6.27. The van der Waals surface area contributed by atoms with Crippen molar-refractivity contribution in [2.75, 3.05) is 6.61 Å². The van der Waals surface area contributed by atoms with Crippen LogP contribution in [0.2, 0.25) is 5.02 Å². The van der Waals surface area contributed by atoms with E-state index >= 15 is 0 Å². The van der Waals surface area contributed by atoms with Crippen LogP contribution in [-0.2, 0) is 19.7 Å². The van der Waals surface area contributed by atoms with E-state index in [1.54, 1.807) is 11.3 Å². The Morgan fingerprint density at radius 1 is 1.04 bits per heavy atom. The van der Waals surface area contributed by atoms with Crippen LogP contribution >= 0.6 is 51.3 Å². The third kappa shape index (κ3) is 6.68. The Balaban J connectivity index is 0.00000280. The third-order valence-electron chi connectivity index (χ3n) is 3.87. The van der Waals surface area contributed by atoms with Gasteiger partial charge in [-0.1, -0.05) is 29.8 Å². The van der Waals surface area contributed by atoms with Gasteiger partial charge in [0.05, 0.1) is 11.1 Å². The molecule has 1 aromatic heterocycles. The van der Waals surface area contributed by atoms with Crippen molar-refractivity contribution < 1.29 is 9.47 Å². The zero-order valence-corrected chi connectivity index (χ0v) is 19.4. The molecule has 0 aliphatic rings. The van der Waals surface area contributed by atoms with Crippen LogP contribution in [0.15, 0.2) is 58.4 Å². The number of hydrogen-bond acceptors (Lipinski definition) is 4. The van der Waals surface area contributed by atoms with Gasteiger partial charge < -0.3 is 14.8 Å². The Morgan fingerprint density at radius 2 is 1.82 bits per heavy atom. The minimum absolute atomic E-state index is 0. The molecule has 2 aromatic carbocycles. The Morgan fingerprint density at radius 3 is 2.50 bits per heavy atom. The number of rotatable bonds is 9. The topological polar surface area (TPSA) is 30.5 Å². The molecule has 3 rings (SSSR count). The molecule has 1 heterocycles. The third-order valence-corrected chi connectivity index (χ3v) is 5.59. The first-order chi connectivity index (χ1) is 13.2. The van der Waals surface area contributed by atoms with E-state index in [2.05, 4.69) is 44.8 Å². The zero-order valence-electron chi connectivity index (χ0n) is 15.4. The van der Waals surface area contributed by atoms with Crippen LogP contribution in [0.25, 0.3) is 0 Å². The van der Waals surface area contributed by atoms with Crippen LogP contribution < -0.4 is 14.8 Å². The number of hydrogen-bond donors (Lipinski definition) is 1. The SMILES string of the molecule is CCOc1cc(CNCc2cccs2)cc(Br)c1OCc1ccc(Cl)cc1.Cl. The molecular formula is C21H22BrCl2NO2S. The van der Waals surface area contributed by atoms with Gasteiger partial charge >= 0.3 is 0 Å². The van der Waals surface area contributed by atoms with E-state index in [9.17, 15) is 0 Å². The Bertz CT molecular complexity index is 858. The largest absolute Gasteiger partial charge is 0.490 e. The Kier molecular flexibility index (Phi) is 9.62. The van der Waals surface area contributed by atoms with Crippen molar-refractivity contribution >= 4 is 51.3 Å². The van der Waals surface area contributed by atoms with Crippen molar-refractivity contribution in [1.29, 1.82) is 0 Å². The second kappa shape index (κ2) is 11.7. The monoisotopic (exact) mass is 501 g/mol. The first-order valence-corrected chi connectivity index (χ1v) is 10.8. The molecule has 3 nitrogen and oxygen atoms in total. The molecule has 7 heteroatoms. The second-order valence-electron chi connectivity index (χ2n) is 5.94. The highest BCUT2D eigenvalue weighted by Gasteiger charge is 2.13. The predicted molar refractivity (Wildman–Crippen MR) is 123 cm³/mol. The molecule has 0 bridgehead atoms. The van der Waals surface area contributed by atoms with Gasteiger partial charge in [0.15, 0.2) is 11.5 Å². The number of ether oxygens (including phenoxy) is 2. The molecule has 0 unspecified atom stereocenters. The standard InChI is InChI=1S/C21H21BrClNO2S.ClH/c1-2-25-20-11-16(12-24-13-18-4-3-9-27-18)10-19(22)21(20)26-14-15-5-7-17(23)8-6-15;/h3-11,24H,2,12-14H2,1H3;1H. The maximum absolute atomic E-state index is 6.03. The predicted octanol–water partition coefficient (Wildman–Crippen LogP) is 6.85. The van der Waals surface area contributed by atoms with Crippen LogP contribution in [0.4, 0.5) is 0 Å². The summed E-state index contributed by atoms with van der Waals surface area (Å²) in [6, 6.07) is 15.9. The maximum atomic E-state index is 6.03. The lowest BCUT2D eigenvalue weighted by molar-refractivity contribution is 0.267. The van der Waals surface area contributed by atoms with E-state index in [4.69, 9.17) is 21.1 Å². The van der Waals surface area contributed by atoms with Crippen LogP contribution in [0.3, 0.4) is 0 Å². The molecule has 150 valence electrons. The molecule has 0 spiro atoms. The van der Waals surface area contributed by atoms with Gasteiger partial charge in [-0.2, -0.15) is 0 Å². The highest BCUT2D eigenvalue weighted by atomic mass is 79.9. The summed E-state index contributed by atoms with van der Waals surface area (Å²) < 4.78 is 12.7.